The molecule has 0 amide bonds. The Bertz CT molecular complexity index is 517. The van der Waals surface area contributed by atoms with Crippen LogP contribution in [-0.2, 0) is 9.53 Å². The van der Waals surface area contributed by atoms with Gasteiger partial charge in [0.25, 0.3) is 0 Å². The Kier molecular flexibility index (Phi) is 6.69. The molecular formula is C15H17NO4. The third-order valence-electron chi connectivity index (χ3n) is 2.34. The van der Waals surface area contributed by atoms with Gasteiger partial charge in [0, 0.05) is 6.08 Å². The molecule has 0 aliphatic heterocycles. The van der Waals surface area contributed by atoms with Gasteiger partial charge in [0.15, 0.2) is 18.1 Å². The van der Waals surface area contributed by atoms with Gasteiger partial charge < -0.3 is 14.2 Å². The number of hydrogen-bond acceptors (Lipinski definition) is 5. The summed E-state index contributed by atoms with van der Waals surface area (Å²) in [5.74, 6) is 0.603. The Morgan fingerprint density at radius 3 is 2.85 bits per heavy atom. The molecule has 1 aromatic carbocycles. The number of hydrogen-bond donors (Lipinski definition) is 0. The van der Waals surface area contributed by atoms with Crippen molar-refractivity contribution >= 4 is 12.0 Å². The molecule has 0 N–H and O–H groups in total. The summed E-state index contributed by atoms with van der Waals surface area (Å²) in [7, 11) is 1.52. The van der Waals surface area contributed by atoms with Crippen LogP contribution in [-0.4, -0.2) is 26.3 Å². The molecule has 1 aromatic rings. The molecule has 0 spiro atoms. The van der Waals surface area contributed by atoms with Crippen LogP contribution in [0.4, 0.5) is 0 Å². The summed E-state index contributed by atoms with van der Waals surface area (Å²) in [5.41, 5.74) is 0.757. The first-order valence-corrected chi connectivity index (χ1v) is 6.24. The zero-order valence-electron chi connectivity index (χ0n) is 11.6. The Balaban J connectivity index is 2.78. The van der Waals surface area contributed by atoms with Gasteiger partial charge in [-0.3, -0.25) is 0 Å². The summed E-state index contributed by atoms with van der Waals surface area (Å²) >= 11 is 0. The average molecular weight is 275 g/mol. The number of nitriles is 1. The molecule has 106 valence electrons. The van der Waals surface area contributed by atoms with Crippen molar-refractivity contribution in [1.82, 2.24) is 0 Å². The van der Waals surface area contributed by atoms with Crippen LogP contribution in [0, 0.1) is 11.3 Å². The second-order valence-corrected chi connectivity index (χ2v) is 3.86. The maximum Gasteiger partial charge on any atom is 0.330 e. The normalized spacial score (nSPS) is 10.1. The summed E-state index contributed by atoms with van der Waals surface area (Å²) in [6.07, 6.45) is 3.76. The number of nitrogens with zero attached hydrogens (tertiary/aromatic N) is 1. The smallest absolute Gasteiger partial charge is 0.330 e. The van der Waals surface area contributed by atoms with Crippen LogP contribution >= 0.6 is 0 Å². The highest BCUT2D eigenvalue weighted by Crippen LogP contribution is 2.28. The molecule has 0 bridgehead atoms. The Hall–Kier alpha value is -2.48. The highest BCUT2D eigenvalue weighted by atomic mass is 16.5. The van der Waals surface area contributed by atoms with Crippen LogP contribution in [0.2, 0.25) is 0 Å². The van der Waals surface area contributed by atoms with E-state index < -0.39 is 0 Å². The Morgan fingerprint density at radius 2 is 2.20 bits per heavy atom. The van der Waals surface area contributed by atoms with E-state index in [-0.39, 0.29) is 12.6 Å². The summed E-state index contributed by atoms with van der Waals surface area (Å²) in [4.78, 5) is 11.3. The van der Waals surface area contributed by atoms with Crippen molar-refractivity contribution in [3.05, 3.63) is 29.8 Å². The van der Waals surface area contributed by atoms with Gasteiger partial charge in [0.2, 0.25) is 0 Å². The highest BCUT2D eigenvalue weighted by Gasteiger charge is 2.05. The van der Waals surface area contributed by atoms with Crippen molar-refractivity contribution in [1.29, 1.82) is 5.26 Å². The minimum absolute atomic E-state index is 0.0674. The number of esters is 1. The van der Waals surface area contributed by atoms with E-state index in [0.717, 1.165) is 12.0 Å². The number of benzene rings is 1. The van der Waals surface area contributed by atoms with E-state index in [9.17, 15) is 4.79 Å². The molecule has 0 heterocycles. The van der Waals surface area contributed by atoms with Crippen LogP contribution in [0.25, 0.3) is 6.08 Å². The summed E-state index contributed by atoms with van der Waals surface area (Å²) < 4.78 is 15.3. The molecule has 1 rings (SSSR count). The molecule has 5 heteroatoms. The van der Waals surface area contributed by atoms with Gasteiger partial charge in [-0.25, -0.2) is 4.79 Å². The zero-order chi connectivity index (χ0) is 14.8. The van der Waals surface area contributed by atoms with Crippen LogP contribution in [0.15, 0.2) is 24.3 Å². The third-order valence-corrected chi connectivity index (χ3v) is 2.34. The summed E-state index contributed by atoms with van der Waals surface area (Å²) in [5, 5.41) is 8.53. The van der Waals surface area contributed by atoms with Gasteiger partial charge in [-0.2, -0.15) is 5.26 Å². The Labute approximate surface area is 118 Å². The van der Waals surface area contributed by atoms with E-state index in [4.69, 9.17) is 19.5 Å². The van der Waals surface area contributed by atoms with E-state index in [1.165, 1.54) is 13.2 Å². The first kappa shape index (κ1) is 15.6. The van der Waals surface area contributed by atoms with Gasteiger partial charge in [0.05, 0.1) is 13.7 Å². The number of methoxy groups -OCH3 is 1. The largest absolute Gasteiger partial charge is 0.493 e. The van der Waals surface area contributed by atoms with Crippen LogP contribution in [0.1, 0.15) is 18.9 Å². The molecule has 0 aromatic heterocycles. The maximum atomic E-state index is 11.3. The molecule has 0 radical (unpaired) electrons. The highest BCUT2D eigenvalue weighted by molar-refractivity contribution is 5.87. The minimum atomic E-state index is -0.387. The van der Waals surface area contributed by atoms with Crippen molar-refractivity contribution in [2.75, 3.05) is 20.3 Å². The standard InChI is InChI=1S/C15H17NO4/c1-3-9-20-15(17)7-5-12-4-6-13(18-2)14(11-12)19-10-8-16/h4-7,11H,3,9-10H2,1-2H3/b7-5+. The number of carbonyl (C=O) groups excluding carboxylic acids is 1. The van der Waals surface area contributed by atoms with Crippen molar-refractivity contribution in [2.45, 2.75) is 13.3 Å². The molecule has 0 fully saturated rings. The van der Waals surface area contributed by atoms with E-state index in [1.807, 2.05) is 13.0 Å². The minimum Gasteiger partial charge on any atom is -0.493 e. The molecule has 0 saturated heterocycles. The van der Waals surface area contributed by atoms with Gasteiger partial charge >= 0.3 is 5.97 Å². The van der Waals surface area contributed by atoms with Crippen molar-refractivity contribution in [2.24, 2.45) is 0 Å². The maximum absolute atomic E-state index is 11.3. The first-order valence-electron chi connectivity index (χ1n) is 6.24. The lowest BCUT2D eigenvalue weighted by atomic mass is 10.2. The SMILES string of the molecule is CCCOC(=O)/C=C/c1ccc(OC)c(OCC#N)c1. The van der Waals surface area contributed by atoms with E-state index >= 15 is 0 Å². The van der Waals surface area contributed by atoms with Gasteiger partial charge in [-0.05, 0) is 30.2 Å². The van der Waals surface area contributed by atoms with Gasteiger partial charge in [-0.1, -0.05) is 13.0 Å². The zero-order valence-corrected chi connectivity index (χ0v) is 11.6. The quantitative estimate of drug-likeness (QED) is 0.565. The van der Waals surface area contributed by atoms with Gasteiger partial charge in [-0.15, -0.1) is 0 Å². The lowest BCUT2D eigenvalue weighted by Crippen LogP contribution is -2.01. The summed E-state index contributed by atoms with van der Waals surface area (Å²) in [6.45, 7) is 2.27. The molecular weight excluding hydrogens is 258 g/mol. The predicted molar refractivity (Wildman–Crippen MR) is 74.4 cm³/mol. The number of rotatable bonds is 7. The van der Waals surface area contributed by atoms with Crippen LogP contribution in [0.3, 0.4) is 0 Å². The fraction of sp³-hybridized carbons (Fsp3) is 0.333. The second kappa shape index (κ2) is 8.59. The molecule has 0 aliphatic rings. The van der Waals surface area contributed by atoms with E-state index in [1.54, 1.807) is 24.3 Å². The fourth-order valence-corrected chi connectivity index (χ4v) is 1.43. The van der Waals surface area contributed by atoms with E-state index in [2.05, 4.69) is 0 Å². The monoisotopic (exact) mass is 275 g/mol. The van der Waals surface area contributed by atoms with Crippen molar-refractivity contribution < 1.29 is 19.0 Å². The lowest BCUT2D eigenvalue weighted by Gasteiger charge is -2.08. The van der Waals surface area contributed by atoms with Crippen LogP contribution < -0.4 is 9.47 Å². The summed E-state index contributed by atoms with van der Waals surface area (Å²) in [6, 6.07) is 7.08. The Morgan fingerprint density at radius 1 is 1.40 bits per heavy atom. The molecule has 0 aliphatic carbocycles. The molecule has 20 heavy (non-hydrogen) atoms. The molecule has 0 atom stereocenters. The molecule has 5 nitrogen and oxygen atoms in total. The average Bonchev–Trinajstić information content (AvgIpc) is 2.48. The van der Waals surface area contributed by atoms with Gasteiger partial charge in [0.1, 0.15) is 6.07 Å². The lowest BCUT2D eigenvalue weighted by molar-refractivity contribution is -0.137. The number of ether oxygens (including phenoxy) is 3. The fourth-order valence-electron chi connectivity index (χ4n) is 1.43. The predicted octanol–water partition coefficient (Wildman–Crippen LogP) is 2.56. The third kappa shape index (κ3) is 5.02. The molecule has 0 saturated carbocycles. The number of carbonyl (C=O) groups is 1. The second-order valence-electron chi connectivity index (χ2n) is 3.86. The van der Waals surface area contributed by atoms with Crippen molar-refractivity contribution in [3.63, 3.8) is 0 Å². The van der Waals surface area contributed by atoms with Crippen molar-refractivity contribution in [3.8, 4) is 17.6 Å². The topological polar surface area (TPSA) is 68.6 Å². The van der Waals surface area contributed by atoms with E-state index in [0.29, 0.717) is 18.1 Å². The first-order chi connectivity index (χ1) is 9.71. The van der Waals surface area contributed by atoms with Crippen LogP contribution in [0.5, 0.6) is 11.5 Å². The molecule has 0 unspecified atom stereocenters.